The molecule has 4 N–H and O–H groups in total. The highest BCUT2D eigenvalue weighted by molar-refractivity contribution is 7.89. The van der Waals surface area contributed by atoms with E-state index in [-0.39, 0.29) is 41.9 Å². The largest absolute Gasteiger partial charge is 0.488 e. The summed E-state index contributed by atoms with van der Waals surface area (Å²) in [6, 6.07) is 13.7. The molecule has 202 valence electrons. The van der Waals surface area contributed by atoms with Crippen LogP contribution < -0.4 is 10.8 Å². The zero-order valence-corrected chi connectivity index (χ0v) is 21.9. The number of ether oxygens (including phenoxy) is 2. The normalized spacial score (nSPS) is 17.5. The second-order valence-electron chi connectivity index (χ2n) is 9.56. The zero-order valence-electron chi connectivity index (χ0n) is 21.1. The number of alkyl carbamates (subject to hydrolysis) is 1. The molecule has 0 unspecified atom stereocenters. The lowest BCUT2D eigenvalue weighted by Gasteiger charge is -2.30. The van der Waals surface area contributed by atoms with E-state index >= 15 is 0 Å². The first-order valence-electron chi connectivity index (χ1n) is 12.3. The summed E-state index contributed by atoms with van der Waals surface area (Å²) < 4.78 is 38.8. The smallest absolute Gasteiger partial charge is 0.444 e. The van der Waals surface area contributed by atoms with Crippen molar-refractivity contribution in [3.05, 3.63) is 60.2 Å². The SMILES string of the molecule is CC(C)CN(C[C@@H](O)[C@H](Cc1ccccc1)NC(=O)O[C@H]1CCOC1)S(=O)(=O)c1ccc(B(O)O)cc1. The molecule has 1 saturated heterocycles. The van der Waals surface area contributed by atoms with Crippen molar-refractivity contribution < 1.29 is 37.8 Å². The molecule has 3 rings (SSSR count). The molecule has 37 heavy (non-hydrogen) atoms. The van der Waals surface area contributed by atoms with Gasteiger partial charge >= 0.3 is 13.2 Å². The first-order chi connectivity index (χ1) is 17.6. The van der Waals surface area contributed by atoms with Crippen molar-refractivity contribution >= 4 is 28.7 Å². The Kier molecular flexibility index (Phi) is 10.5. The van der Waals surface area contributed by atoms with Crippen LogP contribution in [0.5, 0.6) is 0 Å². The average Bonchev–Trinajstić information content (AvgIpc) is 3.36. The molecule has 3 atom stereocenters. The summed E-state index contributed by atoms with van der Waals surface area (Å²) in [6.45, 7) is 4.41. The van der Waals surface area contributed by atoms with Crippen LogP contribution in [0.25, 0.3) is 0 Å². The van der Waals surface area contributed by atoms with Gasteiger partial charge in [-0.2, -0.15) is 4.31 Å². The fraction of sp³-hybridized carbons (Fsp3) is 0.480. The van der Waals surface area contributed by atoms with Crippen LogP contribution in [-0.4, -0.2) is 85.6 Å². The van der Waals surface area contributed by atoms with E-state index in [0.717, 1.165) is 5.56 Å². The van der Waals surface area contributed by atoms with Crippen LogP contribution >= 0.6 is 0 Å². The monoisotopic (exact) mass is 534 g/mol. The maximum absolute atomic E-state index is 13.5. The lowest BCUT2D eigenvalue weighted by Crippen LogP contribution is -2.51. The van der Waals surface area contributed by atoms with Gasteiger partial charge in [0.05, 0.1) is 30.3 Å². The third-order valence-corrected chi connectivity index (χ3v) is 7.85. The van der Waals surface area contributed by atoms with Crippen LogP contribution in [0.3, 0.4) is 0 Å². The topological polar surface area (TPSA) is 146 Å². The highest BCUT2D eigenvalue weighted by Crippen LogP contribution is 2.19. The molecule has 0 saturated carbocycles. The van der Waals surface area contributed by atoms with Crippen molar-refractivity contribution in [3.8, 4) is 0 Å². The minimum Gasteiger partial charge on any atom is -0.444 e. The third-order valence-electron chi connectivity index (χ3n) is 6.00. The van der Waals surface area contributed by atoms with E-state index in [2.05, 4.69) is 5.32 Å². The summed E-state index contributed by atoms with van der Waals surface area (Å²) >= 11 is 0. The molecule has 2 aromatic carbocycles. The zero-order chi connectivity index (χ0) is 27.0. The second kappa shape index (κ2) is 13.4. The number of sulfonamides is 1. The molecule has 0 spiro atoms. The first kappa shape index (κ1) is 29.1. The van der Waals surface area contributed by atoms with Crippen molar-refractivity contribution in [2.45, 2.75) is 49.8 Å². The van der Waals surface area contributed by atoms with E-state index in [9.17, 15) is 28.4 Å². The van der Waals surface area contributed by atoms with Gasteiger partial charge in [-0.15, -0.1) is 0 Å². The van der Waals surface area contributed by atoms with Crippen LogP contribution in [0.1, 0.15) is 25.8 Å². The predicted molar refractivity (Wildman–Crippen MR) is 139 cm³/mol. The Morgan fingerprint density at radius 3 is 2.38 bits per heavy atom. The van der Waals surface area contributed by atoms with Crippen molar-refractivity contribution in [1.29, 1.82) is 0 Å². The van der Waals surface area contributed by atoms with Gasteiger partial charge in [0.15, 0.2) is 0 Å². The van der Waals surface area contributed by atoms with Crippen molar-refractivity contribution in [2.24, 2.45) is 5.92 Å². The Bertz CT molecular complexity index is 1090. The molecule has 12 heteroatoms. The number of amides is 1. The Hall–Kier alpha value is -2.48. The summed E-state index contributed by atoms with van der Waals surface area (Å²) in [5, 5.41) is 32.6. The summed E-state index contributed by atoms with van der Waals surface area (Å²) in [7, 11) is -5.75. The Labute approximate surface area is 218 Å². The molecule has 1 amide bonds. The van der Waals surface area contributed by atoms with Crippen LogP contribution in [0, 0.1) is 5.92 Å². The summed E-state index contributed by atoms with van der Waals surface area (Å²) in [5.41, 5.74) is 1.01. The molecule has 1 heterocycles. The van der Waals surface area contributed by atoms with Gasteiger partial charge in [0.2, 0.25) is 10.0 Å². The number of benzene rings is 2. The number of carbonyl (C=O) groups excluding carboxylic acids is 1. The van der Waals surface area contributed by atoms with E-state index in [1.54, 1.807) is 0 Å². The summed E-state index contributed by atoms with van der Waals surface area (Å²) in [4.78, 5) is 12.6. The number of nitrogens with zero attached hydrogens (tertiary/aromatic N) is 1. The van der Waals surface area contributed by atoms with E-state index in [0.29, 0.717) is 19.6 Å². The molecule has 10 nitrogen and oxygen atoms in total. The maximum atomic E-state index is 13.5. The minimum absolute atomic E-state index is 0.0436. The molecule has 0 radical (unpaired) electrons. The van der Waals surface area contributed by atoms with Crippen molar-refractivity contribution in [1.82, 2.24) is 9.62 Å². The Balaban J connectivity index is 1.81. The van der Waals surface area contributed by atoms with Gasteiger partial charge in [-0.05, 0) is 35.5 Å². The van der Waals surface area contributed by atoms with Crippen LogP contribution in [0.4, 0.5) is 4.79 Å². The summed E-state index contributed by atoms with van der Waals surface area (Å²) in [6.07, 6.45) is -1.47. The number of hydrogen-bond donors (Lipinski definition) is 4. The lowest BCUT2D eigenvalue weighted by molar-refractivity contribution is 0.0644. The Morgan fingerprint density at radius 1 is 1.14 bits per heavy atom. The number of aliphatic hydroxyl groups excluding tert-OH is 1. The molecule has 1 fully saturated rings. The molecule has 1 aliphatic rings. The standard InChI is InChI=1S/C25H35BN2O8S/c1-18(2)15-28(37(33,34)22-10-8-20(9-11-22)26(31)32)16-24(29)23(14-19-6-4-3-5-7-19)27-25(30)36-21-12-13-35-17-21/h3-11,18,21,23-24,29,31-32H,12-17H2,1-2H3,(H,27,30)/t21-,23-,24+/m0/s1. The van der Waals surface area contributed by atoms with E-state index in [1.807, 2.05) is 44.2 Å². The minimum atomic E-state index is -4.04. The molecule has 0 aromatic heterocycles. The molecule has 2 aromatic rings. The first-order valence-corrected chi connectivity index (χ1v) is 13.7. The van der Waals surface area contributed by atoms with Crippen molar-refractivity contribution in [2.75, 3.05) is 26.3 Å². The van der Waals surface area contributed by atoms with Gasteiger partial charge in [0, 0.05) is 19.5 Å². The number of carbonyl (C=O) groups is 1. The molecule has 1 aliphatic heterocycles. The highest BCUT2D eigenvalue weighted by Gasteiger charge is 2.32. The molecular formula is C25H35BN2O8S. The van der Waals surface area contributed by atoms with E-state index < -0.39 is 35.4 Å². The van der Waals surface area contributed by atoms with Gasteiger partial charge in [0.25, 0.3) is 0 Å². The maximum Gasteiger partial charge on any atom is 0.488 e. The number of nitrogens with one attached hydrogen (secondary N) is 1. The Morgan fingerprint density at radius 2 is 1.81 bits per heavy atom. The average molecular weight is 534 g/mol. The second-order valence-corrected chi connectivity index (χ2v) is 11.5. The van der Waals surface area contributed by atoms with Gasteiger partial charge in [-0.1, -0.05) is 56.3 Å². The number of rotatable bonds is 12. The molecular weight excluding hydrogens is 499 g/mol. The van der Waals surface area contributed by atoms with Crippen molar-refractivity contribution in [3.63, 3.8) is 0 Å². The quantitative estimate of drug-likeness (QED) is 0.288. The van der Waals surface area contributed by atoms with Gasteiger partial charge in [0.1, 0.15) is 6.10 Å². The van der Waals surface area contributed by atoms with Crippen LogP contribution in [0.2, 0.25) is 0 Å². The number of aliphatic hydroxyl groups is 1. The summed E-state index contributed by atoms with van der Waals surface area (Å²) in [5.74, 6) is -0.0478. The van der Waals surface area contributed by atoms with Gasteiger partial charge < -0.3 is 29.9 Å². The predicted octanol–water partition coefficient (Wildman–Crippen LogP) is 0.500. The van der Waals surface area contributed by atoms with E-state index in [4.69, 9.17) is 9.47 Å². The van der Waals surface area contributed by atoms with Gasteiger partial charge in [-0.3, -0.25) is 0 Å². The highest BCUT2D eigenvalue weighted by atomic mass is 32.2. The number of hydrogen-bond acceptors (Lipinski definition) is 8. The fourth-order valence-corrected chi connectivity index (χ4v) is 5.69. The molecule has 0 bridgehead atoms. The van der Waals surface area contributed by atoms with Crippen LogP contribution in [0.15, 0.2) is 59.5 Å². The van der Waals surface area contributed by atoms with Crippen LogP contribution in [-0.2, 0) is 25.9 Å². The van der Waals surface area contributed by atoms with Gasteiger partial charge in [-0.25, -0.2) is 13.2 Å². The lowest BCUT2D eigenvalue weighted by atomic mass is 9.81. The fourth-order valence-electron chi connectivity index (χ4n) is 4.07. The third kappa shape index (κ3) is 8.52. The molecule has 0 aliphatic carbocycles. The van der Waals surface area contributed by atoms with E-state index in [1.165, 1.54) is 28.6 Å².